The summed E-state index contributed by atoms with van der Waals surface area (Å²) in [6.45, 7) is 1.99. The van der Waals surface area contributed by atoms with Crippen molar-refractivity contribution in [2.45, 2.75) is 6.92 Å². The first-order valence-corrected chi connectivity index (χ1v) is 2.81. The van der Waals surface area contributed by atoms with Gasteiger partial charge in [0.25, 0.3) is 0 Å². The predicted octanol–water partition coefficient (Wildman–Crippen LogP) is 1.64. The zero-order valence-corrected chi connectivity index (χ0v) is 5.59. The van der Waals surface area contributed by atoms with Gasteiger partial charge in [0, 0.05) is 7.05 Å². The van der Waals surface area contributed by atoms with Crippen LogP contribution in [0.5, 0.6) is 0 Å². The van der Waals surface area contributed by atoms with Gasteiger partial charge in [0.1, 0.15) is 5.76 Å². The van der Waals surface area contributed by atoms with E-state index in [-0.39, 0.29) is 0 Å². The average Bonchev–Trinajstić information content (AvgIpc) is 2.18. The first-order valence-electron chi connectivity index (χ1n) is 2.81. The van der Waals surface area contributed by atoms with Crippen molar-refractivity contribution in [2.24, 2.45) is 4.99 Å². The van der Waals surface area contributed by atoms with E-state index in [0.717, 1.165) is 11.3 Å². The lowest BCUT2D eigenvalue weighted by Crippen LogP contribution is -1.77. The number of furan rings is 1. The van der Waals surface area contributed by atoms with Crippen molar-refractivity contribution in [3.05, 3.63) is 23.7 Å². The Bertz CT molecular complexity index is 212. The molecule has 2 heteroatoms. The molecule has 1 heterocycles. The summed E-state index contributed by atoms with van der Waals surface area (Å²) in [5.74, 6) is 0.845. The molecule has 1 rings (SSSR count). The summed E-state index contributed by atoms with van der Waals surface area (Å²) in [5, 5.41) is 0. The number of hydrogen-bond acceptors (Lipinski definition) is 2. The summed E-state index contributed by atoms with van der Waals surface area (Å²) in [7, 11) is 1.72. The molecular weight excluding hydrogens is 114 g/mol. The SMILES string of the molecule is CN=Cc1occc1C. The Morgan fingerprint density at radius 2 is 2.44 bits per heavy atom. The van der Waals surface area contributed by atoms with Crippen molar-refractivity contribution in [3.63, 3.8) is 0 Å². The molecule has 0 aliphatic rings. The predicted molar refractivity (Wildman–Crippen MR) is 37.0 cm³/mol. The molecule has 0 saturated carbocycles. The van der Waals surface area contributed by atoms with Crippen LogP contribution in [0, 0.1) is 6.92 Å². The maximum absolute atomic E-state index is 5.06. The molecule has 0 aromatic carbocycles. The van der Waals surface area contributed by atoms with Gasteiger partial charge in [-0.15, -0.1) is 0 Å². The van der Waals surface area contributed by atoms with E-state index in [1.54, 1.807) is 19.5 Å². The highest BCUT2D eigenvalue weighted by Gasteiger charge is 1.94. The molecule has 9 heavy (non-hydrogen) atoms. The van der Waals surface area contributed by atoms with Crippen LogP contribution in [0.15, 0.2) is 21.7 Å². The average molecular weight is 123 g/mol. The van der Waals surface area contributed by atoms with Crippen molar-refractivity contribution in [2.75, 3.05) is 7.05 Å². The van der Waals surface area contributed by atoms with Crippen LogP contribution in [0.25, 0.3) is 0 Å². The minimum absolute atomic E-state index is 0.845. The van der Waals surface area contributed by atoms with Crippen molar-refractivity contribution in [1.82, 2.24) is 0 Å². The fourth-order valence-corrected chi connectivity index (χ4v) is 0.634. The fourth-order valence-electron chi connectivity index (χ4n) is 0.634. The summed E-state index contributed by atoms with van der Waals surface area (Å²) < 4.78 is 5.06. The van der Waals surface area contributed by atoms with Gasteiger partial charge in [-0.25, -0.2) is 0 Å². The van der Waals surface area contributed by atoms with Crippen molar-refractivity contribution in [3.8, 4) is 0 Å². The summed E-state index contributed by atoms with van der Waals surface area (Å²) in [5.41, 5.74) is 1.13. The molecule has 0 spiro atoms. The van der Waals surface area contributed by atoms with Crippen LogP contribution in [-0.2, 0) is 0 Å². The highest BCUT2D eigenvalue weighted by atomic mass is 16.3. The Balaban J connectivity index is 2.94. The summed E-state index contributed by atoms with van der Waals surface area (Å²) in [6.07, 6.45) is 3.36. The molecule has 0 radical (unpaired) electrons. The minimum Gasteiger partial charge on any atom is -0.463 e. The van der Waals surface area contributed by atoms with Crippen LogP contribution in [0.3, 0.4) is 0 Å². The maximum Gasteiger partial charge on any atom is 0.147 e. The van der Waals surface area contributed by atoms with E-state index >= 15 is 0 Å². The van der Waals surface area contributed by atoms with Crippen molar-refractivity contribution < 1.29 is 4.42 Å². The Kier molecular flexibility index (Phi) is 1.68. The van der Waals surface area contributed by atoms with Crippen LogP contribution in [0.2, 0.25) is 0 Å². The first-order chi connectivity index (χ1) is 4.34. The second-order valence-electron chi connectivity index (χ2n) is 1.86. The Morgan fingerprint density at radius 3 is 2.89 bits per heavy atom. The van der Waals surface area contributed by atoms with Gasteiger partial charge in [-0.3, -0.25) is 4.99 Å². The topological polar surface area (TPSA) is 25.5 Å². The highest BCUT2D eigenvalue weighted by Crippen LogP contribution is 2.04. The molecule has 0 fully saturated rings. The van der Waals surface area contributed by atoms with Crippen LogP contribution in [-0.4, -0.2) is 13.3 Å². The molecule has 0 atom stereocenters. The third-order valence-corrected chi connectivity index (χ3v) is 1.15. The summed E-state index contributed by atoms with van der Waals surface area (Å²) in [6, 6.07) is 1.91. The highest BCUT2D eigenvalue weighted by molar-refractivity contribution is 5.77. The molecule has 0 saturated heterocycles. The molecule has 0 bridgehead atoms. The van der Waals surface area contributed by atoms with Gasteiger partial charge in [-0.2, -0.15) is 0 Å². The number of aliphatic imine (C=N–C) groups is 1. The van der Waals surface area contributed by atoms with Gasteiger partial charge in [-0.1, -0.05) is 0 Å². The number of nitrogens with zero attached hydrogens (tertiary/aromatic N) is 1. The summed E-state index contributed by atoms with van der Waals surface area (Å²) in [4.78, 5) is 3.82. The lowest BCUT2D eigenvalue weighted by atomic mass is 10.3. The standard InChI is InChI=1S/C7H9NO/c1-6-3-4-9-7(6)5-8-2/h3-5H,1-2H3. The molecule has 1 aromatic heterocycles. The molecule has 1 aromatic rings. The van der Waals surface area contributed by atoms with Gasteiger partial charge in [-0.05, 0) is 18.6 Å². The lowest BCUT2D eigenvalue weighted by molar-refractivity contribution is 0.558. The van der Waals surface area contributed by atoms with Crippen LogP contribution in [0.4, 0.5) is 0 Å². The molecular formula is C7H9NO. The number of aryl methyl sites for hydroxylation is 1. The van der Waals surface area contributed by atoms with Gasteiger partial charge in [0.05, 0.1) is 12.5 Å². The molecule has 2 nitrogen and oxygen atoms in total. The normalized spacial score (nSPS) is 10.9. The van der Waals surface area contributed by atoms with Crippen LogP contribution < -0.4 is 0 Å². The Labute approximate surface area is 54.2 Å². The quantitative estimate of drug-likeness (QED) is 0.521. The van der Waals surface area contributed by atoms with E-state index < -0.39 is 0 Å². The Hall–Kier alpha value is -1.05. The maximum atomic E-state index is 5.06. The molecule has 0 amide bonds. The van der Waals surface area contributed by atoms with Crippen LogP contribution in [0.1, 0.15) is 11.3 Å². The Morgan fingerprint density at radius 1 is 1.67 bits per heavy atom. The van der Waals surface area contributed by atoms with E-state index in [1.807, 2.05) is 13.0 Å². The first kappa shape index (κ1) is 6.08. The van der Waals surface area contributed by atoms with Crippen LogP contribution >= 0.6 is 0 Å². The van der Waals surface area contributed by atoms with E-state index in [9.17, 15) is 0 Å². The summed E-state index contributed by atoms with van der Waals surface area (Å²) >= 11 is 0. The van der Waals surface area contributed by atoms with Gasteiger partial charge >= 0.3 is 0 Å². The largest absolute Gasteiger partial charge is 0.463 e. The molecule has 0 N–H and O–H groups in total. The van der Waals surface area contributed by atoms with E-state index in [0.29, 0.717) is 0 Å². The van der Waals surface area contributed by atoms with Gasteiger partial charge < -0.3 is 4.42 Å². The van der Waals surface area contributed by atoms with E-state index in [2.05, 4.69) is 4.99 Å². The third kappa shape index (κ3) is 1.19. The molecule has 0 aliphatic heterocycles. The molecule has 48 valence electrons. The van der Waals surface area contributed by atoms with Crippen molar-refractivity contribution in [1.29, 1.82) is 0 Å². The minimum atomic E-state index is 0.845. The van der Waals surface area contributed by atoms with E-state index in [1.165, 1.54) is 0 Å². The second kappa shape index (κ2) is 2.49. The molecule has 0 aliphatic carbocycles. The third-order valence-electron chi connectivity index (χ3n) is 1.15. The molecule has 0 unspecified atom stereocenters. The zero-order valence-electron chi connectivity index (χ0n) is 5.59. The van der Waals surface area contributed by atoms with Crippen molar-refractivity contribution >= 4 is 6.21 Å². The monoisotopic (exact) mass is 123 g/mol. The number of rotatable bonds is 1. The van der Waals surface area contributed by atoms with Gasteiger partial charge in [0.2, 0.25) is 0 Å². The van der Waals surface area contributed by atoms with Gasteiger partial charge in [0.15, 0.2) is 0 Å². The van der Waals surface area contributed by atoms with E-state index in [4.69, 9.17) is 4.42 Å². The lowest BCUT2D eigenvalue weighted by Gasteiger charge is -1.83. The zero-order chi connectivity index (χ0) is 6.69. The number of hydrogen-bond donors (Lipinski definition) is 0. The smallest absolute Gasteiger partial charge is 0.147 e. The second-order valence-corrected chi connectivity index (χ2v) is 1.86. The fraction of sp³-hybridized carbons (Fsp3) is 0.286.